The van der Waals surface area contributed by atoms with Gasteiger partial charge in [0.05, 0.1) is 0 Å². The predicted molar refractivity (Wildman–Crippen MR) is 68.7 cm³/mol. The van der Waals surface area contributed by atoms with Crippen LogP contribution < -0.4 is 5.32 Å². The summed E-state index contributed by atoms with van der Waals surface area (Å²) in [6.07, 6.45) is 4.14. The van der Waals surface area contributed by atoms with Crippen molar-refractivity contribution in [3.8, 4) is 0 Å². The molecule has 4 atom stereocenters. The van der Waals surface area contributed by atoms with E-state index in [-0.39, 0.29) is 0 Å². The van der Waals surface area contributed by atoms with Crippen LogP contribution in [0.5, 0.6) is 0 Å². The van der Waals surface area contributed by atoms with Crippen molar-refractivity contribution in [2.75, 3.05) is 34.2 Å². The zero-order valence-corrected chi connectivity index (χ0v) is 11.2. The van der Waals surface area contributed by atoms with Gasteiger partial charge in [-0.05, 0) is 39.9 Å². The summed E-state index contributed by atoms with van der Waals surface area (Å²) < 4.78 is 0. The molecule has 2 rings (SSSR count). The molecule has 0 bridgehead atoms. The maximum absolute atomic E-state index is 3.49. The van der Waals surface area contributed by atoms with Gasteiger partial charge in [-0.15, -0.1) is 0 Å². The molecule has 0 aromatic heterocycles. The van der Waals surface area contributed by atoms with Gasteiger partial charge in [0.2, 0.25) is 0 Å². The van der Waals surface area contributed by atoms with Crippen LogP contribution in [0, 0.1) is 5.92 Å². The molecule has 16 heavy (non-hydrogen) atoms. The maximum atomic E-state index is 3.49. The summed E-state index contributed by atoms with van der Waals surface area (Å²) in [5.74, 6) is 0.813. The van der Waals surface area contributed by atoms with E-state index in [1.54, 1.807) is 0 Å². The summed E-state index contributed by atoms with van der Waals surface area (Å²) in [6.45, 7) is 4.94. The Balaban J connectivity index is 1.96. The van der Waals surface area contributed by atoms with Gasteiger partial charge in [-0.1, -0.05) is 13.3 Å². The lowest BCUT2D eigenvalue weighted by Crippen LogP contribution is -2.45. The zero-order valence-electron chi connectivity index (χ0n) is 11.2. The van der Waals surface area contributed by atoms with E-state index in [4.69, 9.17) is 0 Å². The summed E-state index contributed by atoms with van der Waals surface area (Å²) in [5, 5.41) is 3.49. The predicted octanol–water partition coefficient (Wildman–Crippen LogP) is 1.01. The minimum absolute atomic E-state index is 0.730. The molecule has 0 aromatic carbocycles. The highest BCUT2D eigenvalue weighted by Gasteiger charge is 2.38. The lowest BCUT2D eigenvalue weighted by molar-refractivity contribution is 0.195. The molecule has 3 nitrogen and oxygen atoms in total. The first-order chi connectivity index (χ1) is 7.63. The van der Waals surface area contributed by atoms with Gasteiger partial charge >= 0.3 is 0 Å². The Labute approximate surface area is 100 Å². The molecule has 1 aliphatic carbocycles. The fourth-order valence-corrected chi connectivity index (χ4v) is 3.64. The maximum Gasteiger partial charge on any atom is 0.0254 e. The molecule has 2 aliphatic rings. The van der Waals surface area contributed by atoms with Gasteiger partial charge < -0.3 is 10.2 Å². The zero-order chi connectivity index (χ0) is 11.7. The molecule has 0 aromatic rings. The van der Waals surface area contributed by atoms with Gasteiger partial charge in [-0.25, -0.2) is 0 Å². The van der Waals surface area contributed by atoms with Gasteiger partial charge in [0.25, 0.3) is 0 Å². The highest BCUT2D eigenvalue weighted by molar-refractivity contribution is 4.96. The van der Waals surface area contributed by atoms with Crippen LogP contribution in [0.1, 0.15) is 26.2 Å². The quantitative estimate of drug-likeness (QED) is 0.773. The van der Waals surface area contributed by atoms with Crippen LogP contribution in [0.3, 0.4) is 0 Å². The van der Waals surface area contributed by atoms with Gasteiger partial charge in [0, 0.05) is 31.2 Å². The molecule has 3 heteroatoms. The molecule has 0 amide bonds. The minimum atomic E-state index is 0.730. The van der Waals surface area contributed by atoms with Crippen molar-refractivity contribution in [1.29, 1.82) is 0 Å². The van der Waals surface area contributed by atoms with Crippen LogP contribution >= 0.6 is 0 Å². The van der Waals surface area contributed by atoms with E-state index in [9.17, 15) is 0 Å². The molecule has 2 fully saturated rings. The second kappa shape index (κ2) is 5.03. The second-order valence-electron chi connectivity index (χ2n) is 5.86. The summed E-state index contributed by atoms with van der Waals surface area (Å²) in [6, 6.07) is 2.27. The van der Waals surface area contributed by atoms with Crippen LogP contribution in [0.25, 0.3) is 0 Å². The van der Waals surface area contributed by atoms with Gasteiger partial charge in [0.15, 0.2) is 0 Å². The molecular formula is C13H27N3. The van der Waals surface area contributed by atoms with Crippen LogP contribution in [0.2, 0.25) is 0 Å². The highest BCUT2D eigenvalue weighted by Crippen LogP contribution is 2.30. The summed E-state index contributed by atoms with van der Waals surface area (Å²) >= 11 is 0. The minimum Gasteiger partial charge on any atom is -0.315 e. The van der Waals surface area contributed by atoms with Crippen molar-refractivity contribution in [1.82, 2.24) is 15.1 Å². The fourth-order valence-electron chi connectivity index (χ4n) is 3.64. The van der Waals surface area contributed by atoms with Gasteiger partial charge in [-0.2, -0.15) is 0 Å². The SMILES string of the molecule is CNC1CCCC1N1CC(C)C(N(C)C)C1. The molecule has 1 saturated heterocycles. The highest BCUT2D eigenvalue weighted by atomic mass is 15.3. The first kappa shape index (κ1) is 12.3. The number of nitrogens with one attached hydrogen (secondary N) is 1. The topological polar surface area (TPSA) is 18.5 Å². The lowest BCUT2D eigenvalue weighted by Gasteiger charge is -2.30. The molecule has 94 valence electrons. The Bertz CT molecular complexity index is 229. The number of hydrogen-bond donors (Lipinski definition) is 1. The number of likely N-dealkylation sites (tertiary alicyclic amines) is 1. The lowest BCUT2D eigenvalue weighted by atomic mass is 10.1. The van der Waals surface area contributed by atoms with E-state index < -0.39 is 0 Å². The van der Waals surface area contributed by atoms with Crippen LogP contribution in [-0.2, 0) is 0 Å². The second-order valence-corrected chi connectivity index (χ2v) is 5.86. The Morgan fingerprint density at radius 1 is 1.19 bits per heavy atom. The number of likely N-dealkylation sites (N-methyl/N-ethyl adjacent to an activating group) is 2. The Morgan fingerprint density at radius 3 is 2.50 bits per heavy atom. The van der Waals surface area contributed by atoms with Crippen molar-refractivity contribution in [3.05, 3.63) is 0 Å². The molecule has 1 saturated carbocycles. The van der Waals surface area contributed by atoms with E-state index in [1.807, 2.05) is 0 Å². The molecule has 0 spiro atoms. The monoisotopic (exact) mass is 225 g/mol. The van der Waals surface area contributed by atoms with Crippen molar-refractivity contribution in [2.24, 2.45) is 5.92 Å². The van der Waals surface area contributed by atoms with Crippen molar-refractivity contribution >= 4 is 0 Å². The first-order valence-electron chi connectivity index (χ1n) is 6.71. The van der Waals surface area contributed by atoms with E-state index in [1.165, 1.54) is 32.4 Å². The fraction of sp³-hybridized carbons (Fsp3) is 1.00. The molecule has 0 radical (unpaired) electrons. The van der Waals surface area contributed by atoms with Crippen LogP contribution in [-0.4, -0.2) is 62.2 Å². The van der Waals surface area contributed by atoms with Crippen LogP contribution in [0.15, 0.2) is 0 Å². The summed E-state index contributed by atoms with van der Waals surface area (Å²) in [7, 11) is 6.55. The van der Waals surface area contributed by atoms with E-state index in [2.05, 4.69) is 43.2 Å². The Morgan fingerprint density at radius 2 is 1.94 bits per heavy atom. The molecule has 1 aliphatic heterocycles. The van der Waals surface area contributed by atoms with E-state index >= 15 is 0 Å². The van der Waals surface area contributed by atoms with Crippen molar-refractivity contribution in [3.63, 3.8) is 0 Å². The number of hydrogen-bond acceptors (Lipinski definition) is 3. The third kappa shape index (κ3) is 2.27. The third-order valence-electron chi connectivity index (χ3n) is 4.58. The largest absolute Gasteiger partial charge is 0.315 e. The average molecular weight is 225 g/mol. The Hall–Kier alpha value is -0.120. The Kier molecular flexibility index (Phi) is 3.88. The normalized spacial score (nSPS) is 41.1. The summed E-state index contributed by atoms with van der Waals surface area (Å²) in [5.41, 5.74) is 0. The first-order valence-corrected chi connectivity index (χ1v) is 6.71. The van der Waals surface area contributed by atoms with Gasteiger partial charge in [-0.3, -0.25) is 4.90 Å². The summed E-state index contributed by atoms with van der Waals surface area (Å²) in [4.78, 5) is 5.12. The smallest absolute Gasteiger partial charge is 0.0254 e. The van der Waals surface area contributed by atoms with Crippen molar-refractivity contribution < 1.29 is 0 Å². The van der Waals surface area contributed by atoms with E-state index in [0.717, 1.165) is 24.0 Å². The molecular weight excluding hydrogens is 198 g/mol. The molecule has 1 heterocycles. The van der Waals surface area contributed by atoms with Crippen molar-refractivity contribution in [2.45, 2.75) is 44.3 Å². The van der Waals surface area contributed by atoms with Gasteiger partial charge in [0.1, 0.15) is 0 Å². The average Bonchev–Trinajstić information content (AvgIpc) is 2.82. The standard InChI is InChI=1S/C13H27N3/c1-10-8-16(9-13(10)15(3)4)12-7-5-6-11(12)14-2/h10-14H,5-9H2,1-4H3. The number of rotatable bonds is 3. The van der Waals surface area contributed by atoms with E-state index in [0.29, 0.717) is 0 Å². The number of nitrogens with zero attached hydrogens (tertiary/aromatic N) is 2. The van der Waals surface area contributed by atoms with Crippen LogP contribution in [0.4, 0.5) is 0 Å². The third-order valence-corrected chi connectivity index (χ3v) is 4.58. The molecule has 4 unspecified atom stereocenters. The molecule has 1 N–H and O–H groups in total.